The van der Waals surface area contributed by atoms with Crippen LogP contribution in [0.5, 0.6) is 0 Å². The lowest BCUT2D eigenvalue weighted by atomic mass is 10.2. The van der Waals surface area contributed by atoms with Gasteiger partial charge in [-0.3, -0.25) is 0 Å². The summed E-state index contributed by atoms with van der Waals surface area (Å²) < 4.78 is 4.97. The smallest absolute Gasteiger partial charge is 0.410 e. The van der Waals surface area contributed by atoms with Crippen molar-refractivity contribution < 1.29 is 14.3 Å². The summed E-state index contributed by atoms with van der Waals surface area (Å²) in [5, 5.41) is 0. The predicted molar refractivity (Wildman–Crippen MR) is 66.7 cm³/mol. The molecule has 4 nitrogen and oxygen atoms in total. The fourth-order valence-corrected chi connectivity index (χ4v) is 1.02. The van der Waals surface area contributed by atoms with Crippen LogP contribution >= 0.6 is 0 Å². The van der Waals surface area contributed by atoms with Crippen molar-refractivity contribution in [2.45, 2.75) is 20.5 Å². The standard InChI is InChI=1S/C11H13NO3.C2H6/c1-12(7-8-13)11(14)15-9-10-5-3-2-4-6-10;1-2/h2-6,8H,7,9H2,1H3;1-2H3. The van der Waals surface area contributed by atoms with Crippen molar-refractivity contribution in [1.82, 2.24) is 4.90 Å². The third kappa shape index (κ3) is 6.35. The number of carbonyl (C=O) groups excluding carboxylic acids is 2. The van der Waals surface area contributed by atoms with Crippen molar-refractivity contribution in [2.75, 3.05) is 13.6 Å². The molecule has 0 saturated carbocycles. The normalized spacial score (nSPS) is 8.65. The molecule has 4 heteroatoms. The van der Waals surface area contributed by atoms with Gasteiger partial charge in [0.1, 0.15) is 12.9 Å². The molecule has 1 amide bonds. The fraction of sp³-hybridized carbons (Fsp3) is 0.385. The average molecular weight is 237 g/mol. The molecule has 0 atom stereocenters. The molecule has 0 heterocycles. The number of hydrogen-bond acceptors (Lipinski definition) is 3. The number of hydrogen-bond donors (Lipinski definition) is 0. The molecular weight excluding hydrogens is 218 g/mol. The van der Waals surface area contributed by atoms with E-state index in [-0.39, 0.29) is 13.2 Å². The van der Waals surface area contributed by atoms with E-state index in [0.29, 0.717) is 6.29 Å². The van der Waals surface area contributed by atoms with Crippen molar-refractivity contribution in [3.63, 3.8) is 0 Å². The Morgan fingerprint density at radius 2 is 1.88 bits per heavy atom. The minimum atomic E-state index is -0.494. The highest BCUT2D eigenvalue weighted by molar-refractivity contribution is 5.70. The average Bonchev–Trinajstić information content (AvgIpc) is 2.40. The van der Waals surface area contributed by atoms with E-state index in [2.05, 4.69) is 0 Å². The van der Waals surface area contributed by atoms with Gasteiger partial charge in [0.2, 0.25) is 0 Å². The summed E-state index contributed by atoms with van der Waals surface area (Å²) in [7, 11) is 1.52. The van der Waals surface area contributed by atoms with Crippen LogP contribution in [0.15, 0.2) is 30.3 Å². The number of amides is 1. The van der Waals surface area contributed by atoms with Gasteiger partial charge in [-0.1, -0.05) is 44.2 Å². The summed E-state index contributed by atoms with van der Waals surface area (Å²) in [6.45, 7) is 4.27. The minimum absolute atomic E-state index is 0.0492. The Kier molecular flexibility index (Phi) is 8.37. The zero-order valence-corrected chi connectivity index (χ0v) is 10.6. The molecule has 1 aromatic rings. The van der Waals surface area contributed by atoms with Crippen molar-refractivity contribution in [3.8, 4) is 0 Å². The molecular formula is C13H19NO3. The molecule has 0 aromatic heterocycles. The van der Waals surface area contributed by atoms with Crippen molar-refractivity contribution in [3.05, 3.63) is 35.9 Å². The summed E-state index contributed by atoms with van der Waals surface area (Å²) in [5.41, 5.74) is 0.922. The van der Waals surface area contributed by atoms with E-state index in [9.17, 15) is 9.59 Å². The maximum Gasteiger partial charge on any atom is 0.410 e. The van der Waals surface area contributed by atoms with Crippen molar-refractivity contribution >= 4 is 12.4 Å². The monoisotopic (exact) mass is 237 g/mol. The van der Waals surface area contributed by atoms with Crippen LogP contribution in [0.25, 0.3) is 0 Å². The van der Waals surface area contributed by atoms with Crippen molar-refractivity contribution in [2.24, 2.45) is 0 Å². The Bertz CT molecular complexity index is 325. The number of aldehydes is 1. The number of likely N-dealkylation sites (N-methyl/N-ethyl adjacent to an activating group) is 1. The summed E-state index contributed by atoms with van der Waals surface area (Å²) in [4.78, 5) is 22.6. The van der Waals surface area contributed by atoms with Gasteiger partial charge in [0, 0.05) is 7.05 Å². The molecule has 0 bridgehead atoms. The molecule has 0 aliphatic carbocycles. The van der Waals surface area contributed by atoms with E-state index in [1.807, 2.05) is 44.2 Å². The van der Waals surface area contributed by atoms with Crippen LogP contribution in [0.2, 0.25) is 0 Å². The molecule has 0 N–H and O–H groups in total. The number of rotatable bonds is 4. The predicted octanol–water partition coefficient (Wildman–Crippen LogP) is 2.48. The van der Waals surface area contributed by atoms with E-state index in [4.69, 9.17) is 4.74 Å². The summed E-state index contributed by atoms with van der Waals surface area (Å²) in [6.07, 6.45) is 0.162. The maximum absolute atomic E-state index is 11.3. The van der Waals surface area contributed by atoms with Crippen LogP contribution in [-0.2, 0) is 16.1 Å². The van der Waals surface area contributed by atoms with Gasteiger partial charge >= 0.3 is 6.09 Å². The van der Waals surface area contributed by atoms with Gasteiger partial charge in [0.25, 0.3) is 0 Å². The summed E-state index contributed by atoms with van der Waals surface area (Å²) >= 11 is 0. The van der Waals surface area contributed by atoms with E-state index in [1.54, 1.807) is 0 Å². The Morgan fingerprint density at radius 3 is 2.41 bits per heavy atom. The quantitative estimate of drug-likeness (QED) is 0.756. The largest absolute Gasteiger partial charge is 0.445 e. The summed E-state index contributed by atoms with van der Waals surface area (Å²) in [5.74, 6) is 0. The third-order valence-corrected chi connectivity index (χ3v) is 1.87. The minimum Gasteiger partial charge on any atom is -0.445 e. The Hall–Kier alpha value is -1.84. The zero-order valence-electron chi connectivity index (χ0n) is 10.6. The van der Waals surface area contributed by atoms with E-state index < -0.39 is 6.09 Å². The maximum atomic E-state index is 11.3. The van der Waals surface area contributed by atoms with Gasteiger partial charge in [0.15, 0.2) is 0 Å². The van der Waals surface area contributed by atoms with Gasteiger partial charge < -0.3 is 14.4 Å². The second-order valence-electron chi connectivity index (χ2n) is 3.09. The van der Waals surface area contributed by atoms with Crippen LogP contribution in [0.1, 0.15) is 19.4 Å². The molecule has 0 radical (unpaired) electrons. The van der Waals surface area contributed by atoms with Crippen LogP contribution in [0.3, 0.4) is 0 Å². The van der Waals surface area contributed by atoms with Gasteiger partial charge in [-0.15, -0.1) is 0 Å². The molecule has 0 aliphatic heterocycles. The zero-order chi connectivity index (χ0) is 13.1. The van der Waals surface area contributed by atoms with Crippen LogP contribution < -0.4 is 0 Å². The first-order valence-corrected chi connectivity index (χ1v) is 5.59. The number of ether oxygens (including phenoxy) is 1. The highest BCUT2D eigenvalue weighted by Gasteiger charge is 2.08. The van der Waals surface area contributed by atoms with Crippen LogP contribution in [0.4, 0.5) is 4.79 Å². The molecule has 17 heavy (non-hydrogen) atoms. The highest BCUT2D eigenvalue weighted by atomic mass is 16.6. The molecule has 0 fully saturated rings. The molecule has 0 aliphatic rings. The molecule has 1 rings (SSSR count). The van der Waals surface area contributed by atoms with Crippen LogP contribution in [-0.4, -0.2) is 30.9 Å². The topological polar surface area (TPSA) is 46.6 Å². The lowest BCUT2D eigenvalue weighted by molar-refractivity contribution is -0.108. The Balaban J connectivity index is 0.00000121. The van der Waals surface area contributed by atoms with Gasteiger partial charge in [-0.2, -0.15) is 0 Å². The molecule has 0 unspecified atom stereocenters. The second-order valence-corrected chi connectivity index (χ2v) is 3.09. The number of carbonyl (C=O) groups is 2. The van der Waals surface area contributed by atoms with Gasteiger partial charge in [-0.05, 0) is 5.56 Å². The lowest BCUT2D eigenvalue weighted by Crippen LogP contribution is -2.28. The highest BCUT2D eigenvalue weighted by Crippen LogP contribution is 2.01. The Morgan fingerprint density at radius 1 is 1.29 bits per heavy atom. The number of benzene rings is 1. The van der Waals surface area contributed by atoms with E-state index in [0.717, 1.165) is 5.56 Å². The first kappa shape index (κ1) is 15.2. The number of nitrogens with zero attached hydrogens (tertiary/aromatic N) is 1. The Labute approximate surface area is 102 Å². The second kappa shape index (κ2) is 9.39. The lowest BCUT2D eigenvalue weighted by Gasteiger charge is -2.13. The van der Waals surface area contributed by atoms with E-state index in [1.165, 1.54) is 11.9 Å². The molecule has 0 spiro atoms. The first-order chi connectivity index (χ1) is 8.24. The third-order valence-electron chi connectivity index (χ3n) is 1.87. The first-order valence-electron chi connectivity index (χ1n) is 5.59. The van der Waals surface area contributed by atoms with Crippen molar-refractivity contribution in [1.29, 1.82) is 0 Å². The van der Waals surface area contributed by atoms with Gasteiger partial charge in [-0.25, -0.2) is 4.79 Å². The van der Waals surface area contributed by atoms with E-state index >= 15 is 0 Å². The SMILES string of the molecule is CC.CN(CC=O)C(=O)OCc1ccccc1. The molecule has 94 valence electrons. The van der Waals surface area contributed by atoms with Crippen LogP contribution in [0, 0.1) is 0 Å². The molecule has 0 saturated heterocycles. The fourth-order valence-electron chi connectivity index (χ4n) is 1.02. The summed E-state index contributed by atoms with van der Waals surface area (Å²) in [6, 6.07) is 9.38. The van der Waals surface area contributed by atoms with Gasteiger partial charge in [0.05, 0.1) is 6.54 Å². The molecule has 1 aromatic carbocycles.